The van der Waals surface area contributed by atoms with Crippen LogP contribution in [0.15, 0.2) is 0 Å². The molecule has 0 radical (unpaired) electrons. The van der Waals surface area contributed by atoms with Gasteiger partial charge in [-0.05, 0) is 0 Å². The van der Waals surface area contributed by atoms with Crippen molar-refractivity contribution in [2.45, 2.75) is 13.8 Å². The number of esters is 2. The summed E-state index contributed by atoms with van der Waals surface area (Å²) in [6.07, 6.45) is 0. The first-order chi connectivity index (χ1) is 3.13. The second-order valence-electron chi connectivity index (χ2n) is 1.09. The van der Waals surface area contributed by atoms with E-state index < -0.39 is 11.9 Å². The SMILES string of the molecule is CC(=O)OC(C)=O.[Fe+2]. The molecular formula is C4H6FeO3+2. The van der Waals surface area contributed by atoms with Gasteiger partial charge in [-0.1, -0.05) is 0 Å². The van der Waals surface area contributed by atoms with Crippen LogP contribution in [0.1, 0.15) is 13.8 Å². The summed E-state index contributed by atoms with van der Waals surface area (Å²) in [6, 6.07) is 0. The molecule has 0 bridgehead atoms. The molecule has 0 aliphatic carbocycles. The summed E-state index contributed by atoms with van der Waals surface area (Å²) in [5.74, 6) is -1.12. The molecule has 0 atom stereocenters. The Morgan fingerprint density at radius 1 is 1.12 bits per heavy atom. The van der Waals surface area contributed by atoms with Crippen LogP contribution in [0.3, 0.4) is 0 Å². The van der Waals surface area contributed by atoms with Crippen molar-refractivity contribution in [2.75, 3.05) is 0 Å². The Hall–Kier alpha value is -0.341. The van der Waals surface area contributed by atoms with Gasteiger partial charge in [-0.3, -0.25) is 9.59 Å². The van der Waals surface area contributed by atoms with Gasteiger partial charge in [0.15, 0.2) is 0 Å². The van der Waals surface area contributed by atoms with Crippen molar-refractivity contribution >= 4 is 11.9 Å². The van der Waals surface area contributed by atoms with Crippen LogP contribution in [0.2, 0.25) is 0 Å². The molecular weight excluding hydrogens is 152 g/mol. The van der Waals surface area contributed by atoms with Crippen LogP contribution in [0.5, 0.6) is 0 Å². The molecule has 46 valence electrons. The first-order valence-corrected chi connectivity index (χ1v) is 1.82. The zero-order valence-electron chi connectivity index (χ0n) is 4.58. The van der Waals surface area contributed by atoms with Gasteiger partial charge in [-0.25, -0.2) is 0 Å². The van der Waals surface area contributed by atoms with Crippen LogP contribution < -0.4 is 0 Å². The second kappa shape index (κ2) is 4.81. The molecule has 0 aromatic heterocycles. The van der Waals surface area contributed by atoms with Gasteiger partial charge in [0.2, 0.25) is 0 Å². The van der Waals surface area contributed by atoms with Crippen molar-refractivity contribution in [2.24, 2.45) is 0 Å². The maximum Gasteiger partial charge on any atom is 2.00 e. The van der Waals surface area contributed by atoms with E-state index >= 15 is 0 Å². The van der Waals surface area contributed by atoms with Crippen molar-refractivity contribution < 1.29 is 31.4 Å². The van der Waals surface area contributed by atoms with Crippen LogP contribution in [0.4, 0.5) is 0 Å². The largest absolute Gasteiger partial charge is 2.00 e. The topological polar surface area (TPSA) is 43.4 Å². The molecule has 0 heterocycles. The first-order valence-electron chi connectivity index (χ1n) is 1.82. The third-order valence-electron chi connectivity index (χ3n) is 0.287. The quantitative estimate of drug-likeness (QED) is 0.285. The number of rotatable bonds is 0. The minimum absolute atomic E-state index is 0. The minimum Gasteiger partial charge on any atom is -0.394 e. The van der Waals surface area contributed by atoms with E-state index in [1.165, 1.54) is 13.8 Å². The van der Waals surface area contributed by atoms with Gasteiger partial charge in [0.1, 0.15) is 0 Å². The van der Waals surface area contributed by atoms with Crippen LogP contribution in [0, 0.1) is 0 Å². The number of carbonyl (C=O) groups is 2. The van der Waals surface area contributed by atoms with Gasteiger partial charge < -0.3 is 4.74 Å². The smallest absolute Gasteiger partial charge is 0.394 e. The average molecular weight is 158 g/mol. The van der Waals surface area contributed by atoms with Crippen LogP contribution in [0.25, 0.3) is 0 Å². The Morgan fingerprint density at radius 3 is 1.38 bits per heavy atom. The fraction of sp³-hybridized carbons (Fsp3) is 0.500. The monoisotopic (exact) mass is 158 g/mol. The molecule has 0 fully saturated rings. The minimum atomic E-state index is -0.562. The molecule has 4 heteroatoms. The normalized spacial score (nSPS) is 6.75. The Kier molecular flexibility index (Phi) is 6.38. The summed E-state index contributed by atoms with van der Waals surface area (Å²) in [7, 11) is 0. The first kappa shape index (κ1) is 10.6. The van der Waals surface area contributed by atoms with Gasteiger partial charge in [0.05, 0.1) is 0 Å². The predicted molar refractivity (Wildman–Crippen MR) is 22.4 cm³/mol. The van der Waals surface area contributed by atoms with Crippen molar-refractivity contribution in [3.63, 3.8) is 0 Å². The molecule has 0 aliphatic heterocycles. The van der Waals surface area contributed by atoms with Crippen molar-refractivity contribution in [1.29, 1.82) is 0 Å². The number of ether oxygens (including phenoxy) is 1. The van der Waals surface area contributed by atoms with E-state index in [9.17, 15) is 9.59 Å². The summed E-state index contributed by atoms with van der Waals surface area (Å²) in [5.41, 5.74) is 0. The van der Waals surface area contributed by atoms with E-state index in [1.54, 1.807) is 0 Å². The number of carbonyl (C=O) groups excluding carboxylic acids is 2. The summed E-state index contributed by atoms with van der Waals surface area (Å²) in [5, 5.41) is 0. The fourth-order valence-electron chi connectivity index (χ4n) is 0.202. The van der Waals surface area contributed by atoms with Crippen molar-refractivity contribution in [3.8, 4) is 0 Å². The van der Waals surface area contributed by atoms with E-state index in [-0.39, 0.29) is 17.1 Å². The third kappa shape index (κ3) is 9.18. The van der Waals surface area contributed by atoms with E-state index in [2.05, 4.69) is 4.74 Å². The van der Waals surface area contributed by atoms with Crippen LogP contribution in [-0.2, 0) is 31.4 Å². The molecule has 0 aromatic carbocycles. The molecule has 0 aromatic rings. The summed E-state index contributed by atoms with van der Waals surface area (Å²) in [6.45, 7) is 2.36. The molecule has 8 heavy (non-hydrogen) atoms. The van der Waals surface area contributed by atoms with E-state index in [0.29, 0.717) is 0 Å². The molecule has 0 aliphatic rings. The standard InChI is InChI=1S/C4H6O3.Fe/c1-3(5)7-4(2)6;/h1-2H3;/q;+2. The molecule has 3 nitrogen and oxygen atoms in total. The van der Waals surface area contributed by atoms with Gasteiger partial charge in [-0.15, -0.1) is 0 Å². The van der Waals surface area contributed by atoms with Gasteiger partial charge in [0.25, 0.3) is 0 Å². The second-order valence-corrected chi connectivity index (χ2v) is 1.09. The Balaban J connectivity index is 0. The summed E-state index contributed by atoms with van der Waals surface area (Å²) >= 11 is 0. The van der Waals surface area contributed by atoms with Gasteiger partial charge in [0, 0.05) is 13.8 Å². The summed E-state index contributed by atoms with van der Waals surface area (Å²) in [4.78, 5) is 19.6. The molecule has 0 saturated heterocycles. The fourth-order valence-corrected chi connectivity index (χ4v) is 0.202. The van der Waals surface area contributed by atoms with E-state index in [4.69, 9.17) is 0 Å². The maximum atomic E-state index is 9.81. The predicted octanol–water partition coefficient (Wildman–Crippen LogP) is 0.0935. The van der Waals surface area contributed by atoms with Gasteiger partial charge in [-0.2, -0.15) is 0 Å². The van der Waals surface area contributed by atoms with Crippen LogP contribution in [-0.4, -0.2) is 11.9 Å². The van der Waals surface area contributed by atoms with Gasteiger partial charge >= 0.3 is 29.0 Å². The Morgan fingerprint density at radius 2 is 1.38 bits per heavy atom. The molecule has 0 spiro atoms. The Bertz CT molecular complexity index is 87.5. The molecule has 0 saturated carbocycles. The maximum absolute atomic E-state index is 9.81. The van der Waals surface area contributed by atoms with Crippen molar-refractivity contribution in [3.05, 3.63) is 0 Å². The Labute approximate surface area is 57.9 Å². The number of hydrogen-bond donors (Lipinski definition) is 0. The van der Waals surface area contributed by atoms with E-state index in [0.717, 1.165) is 0 Å². The van der Waals surface area contributed by atoms with E-state index in [1.807, 2.05) is 0 Å². The molecule has 0 N–H and O–H groups in total. The van der Waals surface area contributed by atoms with Crippen molar-refractivity contribution in [1.82, 2.24) is 0 Å². The molecule has 0 unspecified atom stereocenters. The third-order valence-corrected chi connectivity index (χ3v) is 0.287. The van der Waals surface area contributed by atoms with Crippen LogP contribution >= 0.6 is 0 Å². The molecule has 0 rings (SSSR count). The zero-order chi connectivity index (χ0) is 5.86. The number of hydrogen-bond acceptors (Lipinski definition) is 3. The zero-order valence-corrected chi connectivity index (χ0v) is 5.68. The molecule has 0 amide bonds. The average Bonchev–Trinajstić information content (AvgIpc) is 1.27. The summed E-state index contributed by atoms with van der Waals surface area (Å²) < 4.78 is 3.97.